The quantitative estimate of drug-likeness (QED) is 0.283. The van der Waals surface area contributed by atoms with Gasteiger partial charge in [-0.3, -0.25) is 4.79 Å². The maximum atomic E-state index is 13.1. The van der Waals surface area contributed by atoms with Crippen LogP contribution in [0, 0.1) is 5.82 Å². The van der Waals surface area contributed by atoms with Crippen molar-refractivity contribution in [3.63, 3.8) is 0 Å². The van der Waals surface area contributed by atoms with Crippen molar-refractivity contribution in [1.29, 1.82) is 0 Å². The second-order valence-corrected chi connectivity index (χ2v) is 7.41. The molecule has 0 atom stereocenters. The highest BCUT2D eigenvalue weighted by Crippen LogP contribution is 2.22. The van der Waals surface area contributed by atoms with Gasteiger partial charge in [-0.1, -0.05) is 48.2 Å². The van der Waals surface area contributed by atoms with Crippen molar-refractivity contribution in [3.8, 4) is 0 Å². The van der Waals surface area contributed by atoms with Crippen molar-refractivity contribution < 1.29 is 9.18 Å². The van der Waals surface area contributed by atoms with E-state index >= 15 is 0 Å². The lowest BCUT2D eigenvalue weighted by Gasteiger charge is -2.10. The minimum atomic E-state index is -0.380. The number of carbonyl (C=O) groups excluding carboxylic acids is 1. The third-order valence-electron chi connectivity index (χ3n) is 4.17. The summed E-state index contributed by atoms with van der Waals surface area (Å²) in [6.07, 6.45) is 0. The maximum Gasteiger partial charge on any atom is 0.233 e. The van der Waals surface area contributed by atoms with E-state index in [2.05, 4.69) is 25.6 Å². The van der Waals surface area contributed by atoms with Gasteiger partial charge in [0.2, 0.25) is 11.9 Å². The first-order chi connectivity index (χ1) is 15.2. The zero-order valence-electron chi connectivity index (χ0n) is 16.3. The molecule has 4 aromatic rings. The minimum Gasteiger partial charge on any atom is -0.324 e. The van der Waals surface area contributed by atoms with Crippen molar-refractivity contribution in [2.24, 2.45) is 0 Å². The predicted octanol–water partition coefficient (Wildman–Crippen LogP) is 5.47. The van der Waals surface area contributed by atoms with E-state index in [9.17, 15) is 9.18 Å². The number of benzene rings is 3. The van der Waals surface area contributed by atoms with Crippen molar-refractivity contribution >= 4 is 40.8 Å². The Morgan fingerprint density at radius 1 is 0.742 bits per heavy atom. The molecule has 0 bridgehead atoms. The van der Waals surface area contributed by atoms with Crippen LogP contribution in [0.25, 0.3) is 0 Å². The summed E-state index contributed by atoms with van der Waals surface area (Å²) in [5.41, 5.74) is 2.10. The molecule has 154 valence electrons. The number of halogens is 1. The van der Waals surface area contributed by atoms with Gasteiger partial charge in [0.25, 0.3) is 0 Å². The molecule has 0 fully saturated rings. The summed E-state index contributed by atoms with van der Waals surface area (Å²) in [4.78, 5) is 25.7. The Balaban J connectivity index is 1.54. The van der Waals surface area contributed by atoms with Crippen molar-refractivity contribution in [3.05, 3.63) is 96.3 Å². The molecule has 3 aromatic carbocycles. The number of hydrogen-bond donors (Lipinski definition) is 2. The van der Waals surface area contributed by atoms with Crippen molar-refractivity contribution in [1.82, 2.24) is 15.0 Å². The van der Waals surface area contributed by atoms with Gasteiger partial charge in [0.15, 0.2) is 10.9 Å². The van der Waals surface area contributed by atoms with E-state index in [1.165, 1.54) is 36.0 Å². The lowest BCUT2D eigenvalue weighted by molar-refractivity contribution is 0.102. The Labute approximate surface area is 183 Å². The summed E-state index contributed by atoms with van der Waals surface area (Å²) < 4.78 is 13.1. The third kappa shape index (κ3) is 5.86. The molecule has 0 amide bonds. The van der Waals surface area contributed by atoms with E-state index in [0.29, 0.717) is 22.6 Å². The van der Waals surface area contributed by atoms with Crippen molar-refractivity contribution in [2.45, 2.75) is 5.16 Å². The first kappa shape index (κ1) is 20.5. The largest absolute Gasteiger partial charge is 0.324 e. The van der Waals surface area contributed by atoms with E-state index in [0.717, 1.165) is 11.4 Å². The smallest absolute Gasteiger partial charge is 0.233 e. The van der Waals surface area contributed by atoms with Gasteiger partial charge in [0, 0.05) is 16.9 Å². The van der Waals surface area contributed by atoms with Gasteiger partial charge in [-0.15, -0.1) is 0 Å². The molecule has 6 nitrogen and oxygen atoms in total. The second-order valence-electron chi connectivity index (χ2n) is 6.47. The van der Waals surface area contributed by atoms with E-state index in [1.807, 2.05) is 60.7 Å². The fourth-order valence-electron chi connectivity index (χ4n) is 2.68. The van der Waals surface area contributed by atoms with Crippen LogP contribution in [-0.2, 0) is 0 Å². The molecule has 31 heavy (non-hydrogen) atoms. The zero-order valence-corrected chi connectivity index (χ0v) is 17.1. The number of aromatic nitrogens is 3. The van der Waals surface area contributed by atoms with Crippen LogP contribution in [0.15, 0.2) is 90.1 Å². The molecular weight excluding hydrogens is 413 g/mol. The minimum absolute atomic E-state index is 0.116. The van der Waals surface area contributed by atoms with E-state index in [4.69, 9.17) is 0 Å². The number of Topliss-reactive ketones (excluding diaryl/α,β-unsaturated/α-hetero) is 1. The number of anilines is 4. The first-order valence-corrected chi connectivity index (χ1v) is 10.5. The standard InChI is InChI=1S/C23H18FN5OS/c24-17-13-11-16(12-14-17)20(30)15-31-23-28-21(25-18-7-3-1-4-8-18)27-22(29-23)26-19-9-5-2-6-10-19/h1-14H,15H2,(H2,25,26,27,28,29). The Morgan fingerprint density at radius 3 is 1.77 bits per heavy atom. The molecule has 2 N–H and O–H groups in total. The number of rotatable bonds is 8. The molecule has 0 saturated carbocycles. The monoisotopic (exact) mass is 431 g/mol. The summed E-state index contributed by atoms with van der Waals surface area (Å²) in [6, 6.07) is 24.5. The Bertz CT molecular complexity index is 1100. The topological polar surface area (TPSA) is 79.8 Å². The number of thioether (sulfide) groups is 1. The normalized spacial score (nSPS) is 10.5. The second kappa shape index (κ2) is 9.82. The van der Waals surface area contributed by atoms with Crippen LogP contribution in [0.4, 0.5) is 27.7 Å². The van der Waals surface area contributed by atoms with Crippen molar-refractivity contribution in [2.75, 3.05) is 16.4 Å². The van der Waals surface area contributed by atoms with Crippen LogP contribution in [0.3, 0.4) is 0 Å². The van der Waals surface area contributed by atoms with Gasteiger partial charge in [-0.2, -0.15) is 15.0 Å². The van der Waals surface area contributed by atoms with E-state index in [-0.39, 0.29) is 17.4 Å². The molecule has 0 aliphatic carbocycles. The van der Waals surface area contributed by atoms with Gasteiger partial charge in [0.05, 0.1) is 5.75 Å². The summed E-state index contributed by atoms with van der Waals surface area (Å²) >= 11 is 1.19. The molecule has 1 aromatic heterocycles. The van der Waals surface area contributed by atoms with Crippen LogP contribution < -0.4 is 10.6 Å². The van der Waals surface area contributed by atoms with Crippen LogP contribution in [0.5, 0.6) is 0 Å². The Hall–Kier alpha value is -3.78. The summed E-state index contributed by atoms with van der Waals surface area (Å²) in [6.45, 7) is 0. The van der Waals surface area contributed by atoms with Gasteiger partial charge >= 0.3 is 0 Å². The molecule has 0 saturated heterocycles. The van der Waals surface area contributed by atoms with E-state index < -0.39 is 0 Å². The highest BCUT2D eigenvalue weighted by molar-refractivity contribution is 7.99. The molecule has 0 aliphatic heterocycles. The first-order valence-electron chi connectivity index (χ1n) is 9.47. The molecule has 0 unspecified atom stereocenters. The average molecular weight is 431 g/mol. The maximum absolute atomic E-state index is 13.1. The molecule has 4 rings (SSSR count). The van der Waals surface area contributed by atoms with Crippen LogP contribution in [0.1, 0.15) is 10.4 Å². The predicted molar refractivity (Wildman–Crippen MR) is 121 cm³/mol. The summed E-state index contributed by atoms with van der Waals surface area (Å²) in [5.74, 6) is 0.314. The zero-order chi connectivity index (χ0) is 21.5. The van der Waals surface area contributed by atoms with E-state index in [1.54, 1.807) is 0 Å². The molecule has 0 spiro atoms. The fraction of sp³-hybridized carbons (Fsp3) is 0.0435. The number of hydrogen-bond acceptors (Lipinski definition) is 7. The molecule has 0 radical (unpaired) electrons. The van der Waals surface area contributed by atoms with Gasteiger partial charge in [-0.05, 0) is 48.5 Å². The van der Waals surface area contributed by atoms with Crippen LogP contribution in [-0.4, -0.2) is 26.5 Å². The lowest BCUT2D eigenvalue weighted by Crippen LogP contribution is -2.07. The Kier molecular flexibility index (Phi) is 6.49. The number of para-hydroxylation sites is 2. The molecule has 1 heterocycles. The summed E-state index contributed by atoms with van der Waals surface area (Å²) in [5, 5.41) is 6.70. The van der Waals surface area contributed by atoms with Crippen LogP contribution >= 0.6 is 11.8 Å². The average Bonchev–Trinajstić information content (AvgIpc) is 2.79. The molecule has 0 aliphatic rings. The third-order valence-corrected chi connectivity index (χ3v) is 5.02. The number of carbonyl (C=O) groups is 1. The SMILES string of the molecule is O=C(CSc1nc(Nc2ccccc2)nc(Nc2ccccc2)n1)c1ccc(F)cc1. The fourth-order valence-corrected chi connectivity index (χ4v) is 3.41. The molecular formula is C23H18FN5OS. The van der Waals surface area contributed by atoms with Gasteiger partial charge in [0.1, 0.15) is 5.82 Å². The highest BCUT2D eigenvalue weighted by Gasteiger charge is 2.12. The number of nitrogens with zero attached hydrogens (tertiary/aromatic N) is 3. The summed E-state index contributed by atoms with van der Waals surface area (Å²) in [7, 11) is 0. The highest BCUT2D eigenvalue weighted by atomic mass is 32.2. The Morgan fingerprint density at radius 2 is 1.26 bits per heavy atom. The van der Waals surface area contributed by atoms with Gasteiger partial charge < -0.3 is 10.6 Å². The lowest BCUT2D eigenvalue weighted by atomic mass is 10.1. The number of nitrogens with one attached hydrogen (secondary N) is 2. The molecule has 8 heteroatoms. The van der Waals surface area contributed by atoms with Crippen LogP contribution in [0.2, 0.25) is 0 Å². The number of ketones is 1. The van der Waals surface area contributed by atoms with Gasteiger partial charge in [-0.25, -0.2) is 4.39 Å².